The largest absolute Gasteiger partial charge is 0.389 e. The molecule has 2 N–H and O–H groups in total. The SMILES string of the molecule is CC1(O)CCCN(Cc2nc3ccccc3[nH]2)C1. The van der Waals surface area contributed by atoms with Gasteiger partial charge < -0.3 is 10.1 Å². The number of hydrogen-bond acceptors (Lipinski definition) is 3. The van der Waals surface area contributed by atoms with Crippen LogP contribution in [0.5, 0.6) is 0 Å². The van der Waals surface area contributed by atoms with E-state index in [0.717, 1.165) is 49.3 Å². The van der Waals surface area contributed by atoms with Gasteiger partial charge in [-0.25, -0.2) is 4.98 Å². The number of piperidine rings is 1. The Bertz CT molecular complexity index is 514. The Morgan fingerprint density at radius 3 is 3.06 bits per heavy atom. The van der Waals surface area contributed by atoms with Gasteiger partial charge in [-0.1, -0.05) is 12.1 Å². The number of benzene rings is 1. The lowest BCUT2D eigenvalue weighted by Crippen LogP contribution is -2.45. The zero-order valence-corrected chi connectivity index (χ0v) is 10.7. The molecule has 4 heteroatoms. The molecular weight excluding hydrogens is 226 g/mol. The van der Waals surface area contributed by atoms with E-state index in [1.807, 2.05) is 31.2 Å². The molecule has 0 spiro atoms. The van der Waals surface area contributed by atoms with Crippen LogP contribution in [0.25, 0.3) is 11.0 Å². The van der Waals surface area contributed by atoms with E-state index in [0.29, 0.717) is 0 Å². The van der Waals surface area contributed by atoms with Gasteiger partial charge in [0.05, 0.1) is 23.2 Å². The maximum absolute atomic E-state index is 10.1. The van der Waals surface area contributed by atoms with Crippen molar-refractivity contribution in [3.63, 3.8) is 0 Å². The van der Waals surface area contributed by atoms with Crippen LogP contribution in [0.2, 0.25) is 0 Å². The van der Waals surface area contributed by atoms with Crippen molar-refractivity contribution in [2.75, 3.05) is 13.1 Å². The first-order valence-electron chi connectivity index (χ1n) is 6.51. The number of nitrogens with zero attached hydrogens (tertiary/aromatic N) is 2. The van der Waals surface area contributed by atoms with Crippen molar-refractivity contribution in [1.29, 1.82) is 0 Å². The number of hydrogen-bond donors (Lipinski definition) is 2. The summed E-state index contributed by atoms with van der Waals surface area (Å²) >= 11 is 0. The molecule has 2 heterocycles. The molecule has 1 atom stereocenters. The average Bonchev–Trinajstić information content (AvgIpc) is 2.69. The van der Waals surface area contributed by atoms with Gasteiger partial charge in [0, 0.05) is 6.54 Å². The highest BCUT2D eigenvalue weighted by Crippen LogP contribution is 2.21. The summed E-state index contributed by atoms with van der Waals surface area (Å²) in [5.41, 5.74) is 1.54. The second kappa shape index (κ2) is 4.37. The summed E-state index contributed by atoms with van der Waals surface area (Å²) in [5.74, 6) is 0.980. The number of para-hydroxylation sites is 2. The van der Waals surface area contributed by atoms with E-state index in [1.54, 1.807) is 0 Å². The Balaban J connectivity index is 1.76. The minimum Gasteiger partial charge on any atom is -0.389 e. The Kier molecular flexibility index (Phi) is 2.84. The van der Waals surface area contributed by atoms with Crippen molar-refractivity contribution >= 4 is 11.0 Å². The van der Waals surface area contributed by atoms with Gasteiger partial charge in [-0.05, 0) is 38.4 Å². The molecule has 1 aliphatic rings. The quantitative estimate of drug-likeness (QED) is 0.849. The summed E-state index contributed by atoms with van der Waals surface area (Å²) < 4.78 is 0. The number of aromatic nitrogens is 2. The molecule has 1 aliphatic heterocycles. The second-order valence-corrected chi connectivity index (χ2v) is 5.51. The maximum Gasteiger partial charge on any atom is 0.121 e. The third-order valence-corrected chi connectivity index (χ3v) is 3.57. The van der Waals surface area contributed by atoms with Crippen molar-refractivity contribution < 1.29 is 5.11 Å². The van der Waals surface area contributed by atoms with Crippen LogP contribution in [0.4, 0.5) is 0 Å². The Morgan fingerprint density at radius 2 is 2.28 bits per heavy atom. The second-order valence-electron chi connectivity index (χ2n) is 5.51. The summed E-state index contributed by atoms with van der Waals surface area (Å²) in [6, 6.07) is 8.06. The smallest absolute Gasteiger partial charge is 0.121 e. The van der Waals surface area contributed by atoms with E-state index in [4.69, 9.17) is 0 Å². The lowest BCUT2D eigenvalue weighted by atomic mass is 9.95. The highest BCUT2D eigenvalue weighted by molar-refractivity contribution is 5.74. The van der Waals surface area contributed by atoms with Gasteiger partial charge in [0.25, 0.3) is 0 Å². The molecule has 1 aromatic carbocycles. The van der Waals surface area contributed by atoms with E-state index in [2.05, 4.69) is 14.9 Å². The van der Waals surface area contributed by atoms with E-state index in [-0.39, 0.29) is 0 Å². The summed E-state index contributed by atoms with van der Waals surface area (Å²) in [7, 11) is 0. The molecule has 0 aliphatic carbocycles. The summed E-state index contributed by atoms with van der Waals surface area (Å²) in [6.07, 6.45) is 1.94. The van der Waals surface area contributed by atoms with Gasteiger partial charge >= 0.3 is 0 Å². The average molecular weight is 245 g/mol. The van der Waals surface area contributed by atoms with Crippen molar-refractivity contribution in [3.05, 3.63) is 30.1 Å². The van der Waals surface area contributed by atoms with Gasteiger partial charge in [0.1, 0.15) is 5.82 Å². The van der Waals surface area contributed by atoms with Crippen LogP contribution >= 0.6 is 0 Å². The molecule has 18 heavy (non-hydrogen) atoms. The van der Waals surface area contributed by atoms with E-state index >= 15 is 0 Å². The molecule has 2 aromatic rings. The fourth-order valence-electron chi connectivity index (χ4n) is 2.75. The first-order chi connectivity index (χ1) is 8.62. The fourth-order valence-corrected chi connectivity index (χ4v) is 2.75. The molecule has 1 unspecified atom stereocenters. The molecule has 4 nitrogen and oxygen atoms in total. The van der Waals surface area contributed by atoms with Crippen LogP contribution in [0.1, 0.15) is 25.6 Å². The number of nitrogens with one attached hydrogen (secondary N) is 1. The number of β-amino-alcohol motifs (C(OH)–C–C–N with tert-alkyl or cyclic N) is 1. The Labute approximate surface area is 107 Å². The Morgan fingerprint density at radius 1 is 1.44 bits per heavy atom. The fraction of sp³-hybridized carbons (Fsp3) is 0.500. The third-order valence-electron chi connectivity index (χ3n) is 3.57. The number of likely N-dealkylation sites (tertiary alicyclic amines) is 1. The zero-order chi connectivity index (χ0) is 12.6. The number of rotatable bonds is 2. The number of aliphatic hydroxyl groups is 1. The first kappa shape index (κ1) is 11.7. The standard InChI is InChI=1S/C14H19N3O/c1-14(18)7-4-8-17(10-14)9-13-15-11-5-2-3-6-12(11)16-13/h2-3,5-6,18H,4,7-10H2,1H3,(H,15,16). The predicted octanol–water partition coefficient (Wildman–Crippen LogP) is 1.91. The van der Waals surface area contributed by atoms with Crippen LogP contribution in [0.3, 0.4) is 0 Å². The lowest BCUT2D eigenvalue weighted by Gasteiger charge is -2.36. The number of aromatic amines is 1. The minimum absolute atomic E-state index is 0.551. The molecule has 3 rings (SSSR count). The van der Waals surface area contributed by atoms with Crippen molar-refractivity contribution in [2.24, 2.45) is 0 Å². The summed E-state index contributed by atoms with van der Waals surface area (Å²) in [5, 5.41) is 10.1. The maximum atomic E-state index is 10.1. The zero-order valence-electron chi connectivity index (χ0n) is 10.7. The highest BCUT2D eigenvalue weighted by atomic mass is 16.3. The van der Waals surface area contributed by atoms with E-state index in [9.17, 15) is 5.11 Å². The van der Waals surface area contributed by atoms with Crippen LogP contribution < -0.4 is 0 Å². The van der Waals surface area contributed by atoms with Crippen LogP contribution in [-0.2, 0) is 6.54 Å². The number of H-pyrrole nitrogens is 1. The monoisotopic (exact) mass is 245 g/mol. The van der Waals surface area contributed by atoms with Gasteiger partial charge in [-0.2, -0.15) is 0 Å². The Hall–Kier alpha value is -1.39. The molecule has 0 bridgehead atoms. The number of fused-ring (bicyclic) bond motifs is 1. The highest BCUT2D eigenvalue weighted by Gasteiger charge is 2.28. The third kappa shape index (κ3) is 2.40. The molecule has 1 fully saturated rings. The lowest BCUT2D eigenvalue weighted by molar-refractivity contribution is -0.0187. The first-order valence-corrected chi connectivity index (χ1v) is 6.51. The number of imidazole rings is 1. The van der Waals surface area contributed by atoms with Gasteiger partial charge in [-0.15, -0.1) is 0 Å². The minimum atomic E-state index is -0.551. The molecule has 0 amide bonds. The summed E-state index contributed by atoms with van der Waals surface area (Å²) in [4.78, 5) is 10.2. The molecule has 0 saturated carbocycles. The van der Waals surface area contributed by atoms with E-state index < -0.39 is 5.60 Å². The van der Waals surface area contributed by atoms with Crippen molar-refractivity contribution in [2.45, 2.75) is 31.9 Å². The normalized spacial score (nSPS) is 25.7. The topological polar surface area (TPSA) is 52.1 Å². The van der Waals surface area contributed by atoms with Crippen LogP contribution in [-0.4, -0.2) is 38.7 Å². The molecular formula is C14H19N3O. The molecule has 96 valence electrons. The van der Waals surface area contributed by atoms with Crippen LogP contribution in [0, 0.1) is 0 Å². The van der Waals surface area contributed by atoms with Crippen molar-refractivity contribution in [3.8, 4) is 0 Å². The molecule has 1 saturated heterocycles. The van der Waals surface area contributed by atoms with E-state index in [1.165, 1.54) is 0 Å². The molecule has 0 radical (unpaired) electrons. The van der Waals surface area contributed by atoms with Crippen LogP contribution in [0.15, 0.2) is 24.3 Å². The van der Waals surface area contributed by atoms with Gasteiger partial charge in [-0.3, -0.25) is 4.90 Å². The van der Waals surface area contributed by atoms with Gasteiger partial charge in [0.2, 0.25) is 0 Å². The molecule has 1 aromatic heterocycles. The van der Waals surface area contributed by atoms with Crippen molar-refractivity contribution in [1.82, 2.24) is 14.9 Å². The van der Waals surface area contributed by atoms with Gasteiger partial charge in [0.15, 0.2) is 0 Å². The predicted molar refractivity (Wildman–Crippen MR) is 71.2 cm³/mol. The summed E-state index contributed by atoms with van der Waals surface area (Å²) in [6.45, 7) is 4.46.